The van der Waals surface area contributed by atoms with Crippen LogP contribution in [0.5, 0.6) is 0 Å². The van der Waals surface area contributed by atoms with Crippen molar-refractivity contribution >= 4 is 0 Å². The Morgan fingerprint density at radius 2 is 1.65 bits per heavy atom. The van der Waals surface area contributed by atoms with Crippen LogP contribution in [-0.2, 0) is 9.47 Å². The van der Waals surface area contributed by atoms with Crippen LogP contribution in [0, 0.1) is 46.3 Å². The highest BCUT2D eigenvalue weighted by atomic mass is 16.7. The van der Waals surface area contributed by atoms with E-state index in [1.54, 1.807) is 5.57 Å². The average molecular weight is 431 g/mol. The van der Waals surface area contributed by atoms with Crippen molar-refractivity contribution in [1.82, 2.24) is 0 Å². The van der Waals surface area contributed by atoms with Gasteiger partial charge in [-0.05, 0) is 97.4 Å². The van der Waals surface area contributed by atoms with Crippen LogP contribution in [0.4, 0.5) is 0 Å². The van der Waals surface area contributed by atoms with Crippen LogP contribution < -0.4 is 0 Å². The first-order chi connectivity index (χ1) is 14.7. The van der Waals surface area contributed by atoms with Gasteiger partial charge < -0.3 is 9.47 Å². The molecule has 0 saturated heterocycles. The van der Waals surface area contributed by atoms with Crippen LogP contribution in [0.3, 0.4) is 0 Å². The number of fused-ring (bicyclic) bond motifs is 5. The monoisotopic (exact) mass is 430 g/mol. The molecule has 4 aliphatic rings. The zero-order chi connectivity index (χ0) is 22.4. The maximum Gasteiger partial charge on any atom is 0.187 e. The number of hydrogen-bond acceptors (Lipinski definition) is 2. The van der Waals surface area contributed by atoms with Gasteiger partial charge in [-0.1, -0.05) is 59.5 Å². The van der Waals surface area contributed by atoms with Crippen LogP contribution in [-0.4, -0.2) is 20.0 Å². The van der Waals surface area contributed by atoms with E-state index in [0.717, 1.165) is 41.9 Å². The zero-order valence-corrected chi connectivity index (χ0v) is 21.6. The Kier molecular flexibility index (Phi) is 6.75. The molecule has 0 bridgehead atoms. The summed E-state index contributed by atoms with van der Waals surface area (Å²) < 4.78 is 11.7. The summed E-state index contributed by atoms with van der Waals surface area (Å²) in [5.74, 6) is 4.99. The minimum Gasteiger partial charge on any atom is -0.350 e. The fraction of sp³-hybridized carbons (Fsp3) is 0.931. The second-order valence-electron chi connectivity index (χ2n) is 12.8. The molecule has 2 heteroatoms. The third-order valence-electron chi connectivity index (χ3n) is 11.0. The average Bonchev–Trinajstić information content (AvgIpc) is 3.10. The lowest BCUT2D eigenvalue weighted by atomic mass is 9.46. The molecule has 0 aromatic rings. The summed E-state index contributed by atoms with van der Waals surface area (Å²) in [6, 6.07) is 0. The second-order valence-corrected chi connectivity index (χ2v) is 12.8. The highest BCUT2D eigenvalue weighted by molar-refractivity contribution is 5.27. The molecule has 0 unspecified atom stereocenters. The van der Waals surface area contributed by atoms with Gasteiger partial charge in [-0.2, -0.15) is 0 Å². The molecule has 3 fully saturated rings. The van der Waals surface area contributed by atoms with E-state index in [-0.39, 0.29) is 0 Å². The van der Waals surface area contributed by atoms with Gasteiger partial charge in [0.25, 0.3) is 0 Å². The summed E-state index contributed by atoms with van der Waals surface area (Å²) in [5.41, 5.74) is 2.60. The molecule has 0 N–H and O–H groups in total. The third kappa shape index (κ3) is 3.96. The predicted molar refractivity (Wildman–Crippen MR) is 130 cm³/mol. The Hall–Kier alpha value is -0.340. The molecule has 2 nitrogen and oxygen atoms in total. The third-order valence-corrected chi connectivity index (χ3v) is 11.0. The van der Waals surface area contributed by atoms with Crippen molar-refractivity contribution in [2.45, 2.75) is 111 Å². The maximum absolute atomic E-state index is 5.83. The van der Waals surface area contributed by atoms with E-state index in [0.29, 0.717) is 10.8 Å². The predicted octanol–water partition coefficient (Wildman–Crippen LogP) is 8.02. The summed E-state index contributed by atoms with van der Waals surface area (Å²) in [5, 5.41) is 0. The van der Waals surface area contributed by atoms with Gasteiger partial charge in [0.2, 0.25) is 0 Å². The van der Waals surface area contributed by atoms with Crippen LogP contribution in [0.1, 0.15) is 105 Å². The summed E-state index contributed by atoms with van der Waals surface area (Å²) in [6.07, 6.45) is 17.4. The maximum atomic E-state index is 5.83. The Labute approximate surface area is 192 Å². The minimum absolute atomic E-state index is 0.367. The van der Waals surface area contributed by atoms with Crippen molar-refractivity contribution in [3.63, 3.8) is 0 Å². The van der Waals surface area contributed by atoms with Gasteiger partial charge >= 0.3 is 0 Å². The normalized spacial score (nSPS) is 42.5. The Morgan fingerprint density at radius 1 is 0.903 bits per heavy atom. The molecule has 0 radical (unpaired) electrons. The van der Waals surface area contributed by atoms with Crippen LogP contribution in [0.25, 0.3) is 0 Å². The molecule has 3 saturated carbocycles. The van der Waals surface area contributed by atoms with Crippen molar-refractivity contribution in [3.8, 4) is 0 Å². The standard InChI is InChI=1S/C29H50O2/c1-20(2)9-8-10-21(3)24-13-14-25-23-12-11-22-19-29(30-6,31-7)18-17-27(22,4)26(23)15-16-28(24,25)5/h19-21,23-26H,8-18H2,1-7H3/t21-,23+,24-,25+,26+,27+,28-/m1/s1. The molecule has 0 spiro atoms. The summed E-state index contributed by atoms with van der Waals surface area (Å²) >= 11 is 0. The van der Waals surface area contributed by atoms with E-state index in [4.69, 9.17) is 9.47 Å². The molecular formula is C29H50O2. The van der Waals surface area contributed by atoms with Crippen molar-refractivity contribution in [2.75, 3.05) is 14.2 Å². The smallest absolute Gasteiger partial charge is 0.187 e. The number of ether oxygens (including phenoxy) is 2. The highest BCUT2D eigenvalue weighted by Gasteiger charge is 2.60. The number of allylic oxidation sites excluding steroid dienone is 1. The molecule has 4 aliphatic carbocycles. The molecule has 0 heterocycles. The van der Waals surface area contributed by atoms with Gasteiger partial charge in [-0.15, -0.1) is 0 Å². The van der Waals surface area contributed by atoms with Crippen molar-refractivity contribution in [1.29, 1.82) is 0 Å². The summed E-state index contributed by atoms with van der Waals surface area (Å²) in [7, 11) is 3.61. The lowest BCUT2D eigenvalue weighted by molar-refractivity contribution is -0.189. The van der Waals surface area contributed by atoms with E-state index >= 15 is 0 Å². The molecular weight excluding hydrogens is 380 g/mol. The first-order valence-electron chi connectivity index (χ1n) is 13.5. The highest BCUT2D eigenvalue weighted by Crippen LogP contribution is 2.68. The van der Waals surface area contributed by atoms with E-state index in [9.17, 15) is 0 Å². The van der Waals surface area contributed by atoms with Crippen molar-refractivity contribution < 1.29 is 9.47 Å². The Bertz CT molecular complexity index is 662. The number of hydrogen-bond donors (Lipinski definition) is 0. The zero-order valence-electron chi connectivity index (χ0n) is 21.6. The quantitative estimate of drug-likeness (QED) is 0.301. The fourth-order valence-corrected chi connectivity index (χ4v) is 9.11. The second kappa shape index (κ2) is 8.79. The minimum atomic E-state index is -0.477. The van der Waals surface area contributed by atoms with E-state index in [1.807, 2.05) is 14.2 Å². The van der Waals surface area contributed by atoms with Gasteiger partial charge in [0.05, 0.1) is 0 Å². The van der Waals surface area contributed by atoms with Crippen molar-refractivity contribution in [3.05, 3.63) is 11.6 Å². The fourth-order valence-electron chi connectivity index (χ4n) is 9.11. The molecule has 7 atom stereocenters. The van der Waals surface area contributed by atoms with Crippen LogP contribution in [0.2, 0.25) is 0 Å². The van der Waals surface area contributed by atoms with Gasteiger partial charge in [0, 0.05) is 20.6 Å². The van der Waals surface area contributed by atoms with Crippen LogP contribution >= 0.6 is 0 Å². The van der Waals surface area contributed by atoms with E-state index in [2.05, 4.69) is 40.7 Å². The topological polar surface area (TPSA) is 18.5 Å². The molecule has 4 rings (SSSR count). The lowest BCUT2D eigenvalue weighted by Gasteiger charge is -2.59. The lowest BCUT2D eigenvalue weighted by Crippen LogP contribution is -2.52. The first kappa shape index (κ1) is 23.8. The SMILES string of the molecule is COC1(OC)C=C2CC[C@H]3[C@@H]4CC[C@H]([C@H](C)CCCC(C)C)[C@@]4(C)CC[C@@H]3[C@@]2(C)CC1. The van der Waals surface area contributed by atoms with Gasteiger partial charge in [0.1, 0.15) is 0 Å². The van der Waals surface area contributed by atoms with Gasteiger partial charge in [-0.3, -0.25) is 0 Å². The van der Waals surface area contributed by atoms with Crippen LogP contribution in [0.15, 0.2) is 11.6 Å². The van der Waals surface area contributed by atoms with Gasteiger partial charge in [0.15, 0.2) is 5.79 Å². The molecule has 0 aromatic carbocycles. The molecule has 0 aromatic heterocycles. The molecule has 0 aliphatic heterocycles. The summed E-state index contributed by atoms with van der Waals surface area (Å²) in [6.45, 7) is 12.6. The Morgan fingerprint density at radius 3 is 2.32 bits per heavy atom. The summed E-state index contributed by atoms with van der Waals surface area (Å²) in [4.78, 5) is 0. The molecule has 178 valence electrons. The van der Waals surface area contributed by atoms with Gasteiger partial charge in [-0.25, -0.2) is 0 Å². The Balaban J connectivity index is 1.50. The number of rotatable bonds is 7. The largest absolute Gasteiger partial charge is 0.350 e. The molecule has 0 amide bonds. The first-order valence-corrected chi connectivity index (χ1v) is 13.5. The number of methoxy groups -OCH3 is 2. The molecule has 31 heavy (non-hydrogen) atoms. The van der Waals surface area contributed by atoms with E-state index < -0.39 is 5.79 Å². The van der Waals surface area contributed by atoms with E-state index in [1.165, 1.54) is 64.2 Å². The van der Waals surface area contributed by atoms with Crippen molar-refractivity contribution in [2.24, 2.45) is 46.3 Å².